The summed E-state index contributed by atoms with van der Waals surface area (Å²) >= 11 is 0. The quantitative estimate of drug-likeness (QED) is 0.531. The summed E-state index contributed by atoms with van der Waals surface area (Å²) in [6.07, 6.45) is 3.61. The number of halogens is 1. The molecule has 0 unspecified atom stereocenters. The van der Waals surface area contributed by atoms with Gasteiger partial charge in [0.2, 0.25) is 11.8 Å². The molecule has 2 heterocycles. The molecule has 1 aromatic carbocycles. The van der Waals surface area contributed by atoms with Crippen LogP contribution < -0.4 is 10.1 Å². The second-order valence-electron chi connectivity index (χ2n) is 7.37. The van der Waals surface area contributed by atoms with E-state index in [1.54, 1.807) is 12.3 Å². The molecule has 1 N–H and O–H groups in total. The minimum atomic E-state index is -0.501. The van der Waals surface area contributed by atoms with E-state index >= 15 is 0 Å². The number of nitrogens with zero attached hydrogens (tertiary/aromatic N) is 3. The topological polar surface area (TPSA) is 69.2 Å². The van der Waals surface area contributed by atoms with Gasteiger partial charge in [-0.05, 0) is 30.0 Å². The maximum atomic E-state index is 12.8. The zero-order valence-corrected chi connectivity index (χ0v) is 17.8. The molecular formula is C24H27FN4O2. The summed E-state index contributed by atoms with van der Waals surface area (Å²) < 4.78 is 24.5. The molecule has 1 aliphatic carbocycles. The SMILES string of the molecule is CCc1nc(Oc2ccccn2)c(CC)nc1N[C@@H]1c2ccccc2C[C@@H]1OCCF. The standard InChI is InChI=1S/C24H27FN4O2/c1-3-18-23(27-19(4-2)24(28-18)31-21-11-7-8-13-26-21)29-22-17-10-6-5-9-16(17)15-20(22)30-14-12-25/h5-11,13,20,22H,3-4,12,14-15H2,1-2H3,(H,27,29)/t20-,22+/m0/s1. The lowest BCUT2D eigenvalue weighted by Crippen LogP contribution is -2.27. The Kier molecular flexibility index (Phi) is 6.72. The van der Waals surface area contributed by atoms with Gasteiger partial charge in [-0.3, -0.25) is 0 Å². The second-order valence-corrected chi connectivity index (χ2v) is 7.37. The van der Waals surface area contributed by atoms with Crippen molar-refractivity contribution in [3.8, 4) is 11.8 Å². The van der Waals surface area contributed by atoms with Gasteiger partial charge >= 0.3 is 0 Å². The number of aromatic nitrogens is 3. The van der Waals surface area contributed by atoms with Crippen LogP contribution in [0.3, 0.4) is 0 Å². The summed E-state index contributed by atoms with van der Waals surface area (Å²) in [5.41, 5.74) is 3.91. The number of aryl methyl sites for hydroxylation is 2. The van der Waals surface area contributed by atoms with Gasteiger partial charge < -0.3 is 14.8 Å². The fraction of sp³-hybridized carbons (Fsp3) is 0.375. The predicted octanol–water partition coefficient (Wildman–Crippen LogP) is 4.85. The van der Waals surface area contributed by atoms with Crippen molar-refractivity contribution in [2.75, 3.05) is 18.6 Å². The van der Waals surface area contributed by atoms with Gasteiger partial charge in [-0.1, -0.05) is 44.2 Å². The van der Waals surface area contributed by atoms with Crippen LogP contribution in [0.25, 0.3) is 0 Å². The average molecular weight is 423 g/mol. The molecule has 0 saturated heterocycles. The Morgan fingerprint density at radius 3 is 2.58 bits per heavy atom. The minimum Gasteiger partial charge on any atom is -0.419 e. The van der Waals surface area contributed by atoms with Gasteiger partial charge in [-0.25, -0.2) is 19.3 Å². The van der Waals surface area contributed by atoms with Crippen molar-refractivity contribution in [1.82, 2.24) is 15.0 Å². The van der Waals surface area contributed by atoms with Crippen LogP contribution in [-0.4, -0.2) is 34.3 Å². The molecule has 0 aliphatic heterocycles. The number of nitrogens with one attached hydrogen (secondary N) is 1. The Morgan fingerprint density at radius 1 is 1.03 bits per heavy atom. The Bertz CT molecular complexity index is 1020. The van der Waals surface area contributed by atoms with Gasteiger partial charge in [0.15, 0.2) is 0 Å². The summed E-state index contributed by atoms with van der Waals surface area (Å²) in [6.45, 7) is 3.63. The molecule has 0 amide bonds. The van der Waals surface area contributed by atoms with Gasteiger partial charge in [-0.15, -0.1) is 0 Å². The van der Waals surface area contributed by atoms with E-state index in [2.05, 4.69) is 22.4 Å². The predicted molar refractivity (Wildman–Crippen MR) is 117 cm³/mol. The highest BCUT2D eigenvalue weighted by Gasteiger charge is 2.34. The number of anilines is 1. The van der Waals surface area contributed by atoms with E-state index in [1.165, 1.54) is 5.56 Å². The molecule has 1 aliphatic rings. The Morgan fingerprint density at radius 2 is 1.84 bits per heavy atom. The van der Waals surface area contributed by atoms with Crippen LogP contribution >= 0.6 is 0 Å². The molecule has 0 bridgehead atoms. The first-order chi connectivity index (χ1) is 15.2. The average Bonchev–Trinajstić information content (AvgIpc) is 3.16. The van der Waals surface area contributed by atoms with Crippen molar-refractivity contribution >= 4 is 5.82 Å². The van der Waals surface area contributed by atoms with Crippen molar-refractivity contribution in [2.24, 2.45) is 0 Å². The van der Waals surface area contributed by atoms with Crippen molar-refractivity contribution in [2.45, 2.75) is 45.3 Å². The third kappa shape index (κ3) is 4.66. The van der Waals surface area contributed by atoms with E-state index in [9.17, 15) is 4.39 Å². The Hall–Kier alpha value is -3.06. The number of hydrogen-bond acceptors (Lipinski definition) is 6. The summed E-state index contributed by atoms with van der Waals surface area (Å²) in [4.78, 5) is 13.8. The monoisotopic (exact) mass is 422 g/mol. The highest BCUT2D eigenvalue weighted by Crippen LogP contribution is 2.37. The van der Waals surface area contributed by atoms with E-state index in [0.29, 0.717) is 30.4 Å². The molecule has 7 heteroatoms. The third-order valence-electron chi connectivity index (χ3n) is 5.40. The van der Waals surface area contributed by atoms with Gasteiger partial charge in [0.05, 0.1) is 24.4 Å². The molecule has 3 aromatic rings. The van der Waals surface area contributed by atoms with E-state index in [0.717, 1.165) is 23.4 Å². The summed E-state index contributed by atoms with van der Waals surface area (Å²) in [5, 5.41) is 3.55. The van der Waals surface area contributed by atoms with Gasteiger partial charge in [0.25, 0.3) is 0 Å². The van der Waals surface area contributed by atoms with Gasteiger partial charge in [0.1, 0.15) is 18.2 Å². The van der Waals surface area contributed by atoms with Crippen LogP contribution in [0.2, 0.25) is 0 Å². The molecule has 162 valence electrons. The van der Waals surface area contributed by atoms with Gasteiger partial charge in [0, 0.05) is 18.7 Å². The molecule has 31 heavy (non-hydrogen) atoms. The lowest BCUT2D eigenvalue weighted by molar-refractivity contribution is 0.0393. The Balaban J connectivity index is 1.65. The van der Waals surface area contributed by atoms with E-state index in [-0.39, 0.29) is 18.8 Å². The molecule has 2 aromatic heterocycles. The van der Waals surface area contributed by atoms with E-state index in [4.69, 9.17) is 19.4 Å². The normalized spacial score (nSPS) is 17.4. The fourth-order valence-electron chi connectivity index (χ4n) is 3.90. The number of hydrogen-bond donors (Lipinski definition) is 1. The van der Waals surface area contributed by atoms with Crippen molar-refractivity contribution < 1.29 is 13.9 Å². The van der Waals surface area contributed by atoms with Crippen LogP contribution in [0.4, 0.5) is 10.2 Å². The van der Waals surface area contributed by atoms with Crippen LogP contribution in [0, 0.1) is 0 Å². The number of ether oxygens (including phenoxy) is 2. The molecule has 0 spiro atoms. The molecular weight excluding hydrogens is 395 g/mol. The largest absolute Gasteiger partial charge is 0.419 e. The lowest BCUT2D eigenvalue weighted by atomic mass is 10.1. The number of alkyl halides is 1. The molecule has 0 fully saturated rings. The molecule has 4 rings (SSSR count). The van der Waals surface area contributed by atoms with Gasteiger partial charge in [-0.2, -0.15) is 0 Å². The highest BCUT2D eigenvalue weighted by atomic mass is 19.1. The zero-order chi connectivity index (χ0) is 21.6. The third-order valence-corrected chi connectivity index (χ3v) is 5.40. The summed E-state index contributed by atoms with van der Waals surface area (Å²) in [5.74, 6) is 1.67. The number of benzene rings is 1. The molecule has 6 nitrogen and oxygen atoms in total. The maximum Gasteiger partial charge on any atom is 0.243 e. The van der Waals surface area contributed by atoms with Crippen molar-refractivity contribution in [3.63, 3.8) is 0 Å². The highest BCUT2D eigenvalue weighted by molar-refractivity contribution is 5.49. The van der Waals surface area contributed by atoms with Crippen LogP contribution in [0.5, 0.6) is 11.8 Å². The summed E-state index contributed by atoms with van der Waals surface area (Å²) in [7, 11) is 0. The first-order valence-corrected chi connectivity index (χ1v) is 10.7. The number of fused-ring (bicyclic) bond motifs is 1. The zero-order valence-electron chi connectivity index (χ0n) is 17.8. The van der Waals surface area contributed by atoms with Crippen molar-refractivity contribution in [3.05, 3.63) is 71.2 Å². The molecule has 0 radical (unpaired) electrons. The summed E-state index contributed by atoms with van der Waals surface area (Å²) in [6, 6.07) is 13.6. The molecule has 2 atom stereocenters. The minimum absolute atomic E-state index is 0.0835. The van der Waals surface area contributed by atoms with Crippen molar-refractivity contribution in [1.29, 1.82) is 0 Å². The Labute approximate surface area is 181 Å². The number of rotatable bonds is 9. The lowest BCUT2D eigenvalue weighted by Gasteiger charge is -2.24. The van der Waals surface area contributed by atoms with Crippen LogP contribution in [0.15, 0.2) is 48.7 Å². The first-order valence-electron chi connectivity index (χ1n) is 10.7. The van der Waals surface area contributed by atoms with E-state index < -0.39 is 6.67 Å². The van der Waals surface area contributed by atoms with Crippen LogP contribution in [0.1, 0.15) is 42.4 Å². The first kappa shape index (κ1) is 21.2. The number of pyridine rings is 1. The smallest absolute Gasteiger partial charge is 0.243 e. The molecule has 0 saturated carbocycles. The van der Waals surface area contributed by atoms with Crippen LogP contribution in [-0.2, 0) is 24.0 Å². The second kappa shape index (κ2) is 9.83. The van der Waals surface area contributed by atoms with E-state index in [1.807, 2.05) is 38.1 Å². The fourth-order valence-corrected chi connectivity index (χ4v) is 3.90. The maximum absolute atomic E-state index is 12.8.